The zero-order valence-electron chi connectivity index (χ0n) is 18.7. The summed E-state index contributed by atoms with van der Waals surface area (Å²) >= 11 is 1.83. The predicted molar refractivity (Wildman–Crippen MR) is 131 cm³/mol. The van der Waals surface area contributed by atoms with Crippen molar-refractivity contribution >= 4 is 23.6 Å². The van der Waals surface area contributed by atoms with Crippen molar-refractivity contribution in [2.24, 2.45) is 0 Å². The molecule has 170 valence electrons. The van der Waals surface area contributed by atoms with Crippen molar-refractivity contribution in [3.63, 3.8) is 0 Å². The molecule has 3 aromatic rings. The molecule has 0 radical (unpaired) electrons. The van der Waals surface area contributed by atoms with E-state index < -0.39 is 0 Å². The topological polar surface area (TPSA) is 104 Å². The van der Waals surface area contributed by atoms with Crippen LogP contribution in [0.5, 0.6) is 0 Å². The molecule has 1 aromatic heterocycles. The molecule has 33 heavy (non-hydrogen) atoms. The minimum absolute atomic E-state index is 0.0973. The quantitative estimate of drug-likeness (QED) is 0.355. The van der Waals surface area contributed by atoms with Gasteiger partial charge in [0.25, 0.3) is 0 Å². The Morgan fingerprint density at radius 3 is 2.55 bits per heavy atom. The van der Waals surface area contributed by atoms with E-state index >= 15 is 0 Å². The van der Waals surface area contributed by atoms with Crippen molar-refractivity contribution in [3.8, 4) is 11.3 Å². The monoisotopic (exact) mass is 461 g/mol. The van der Waals surface area contributed by atoms with Crippen molar-refractivity contribution in [3.05, 3.63) is 77.2 Å². The minimum atomic E-state index is -0.195. The second-order valence-corrected chi connectivity index (χ2v) is 9.18. The van der Waals surface area contributed by atoms with Crippen molar-refractivity contribution in [1.82, 2.24) is 15.3 Å². The molecule has 1 aliphatic heterocycles. The Morgan fingerprint density at radius 1 is 1.12 bits per heavy atom. The third-order valence-corrected chi connectivity index (χ3v) is 6.56. The second-order valence-electron chi connectivity index (χ2n) is 7.80. The van der Waals surface area contributed by atoms with E-state index in [1.54, 1.807) is 13.1 Å². The molecule has 2 heterocycles. The highest BCUT2D eigenvalue weighted by Crippen LogP contribution is 2.30. The molecule has 1 saturated heterocycles. The summed E-state index contributed by atoms with van der Waals surface area (Å²) < 4.78 is 11.0. The summed E-state index contributed by atoms with van der Waals surface area (Å²) in [5.41, 5.74) is 4.19. The fourth-order valence-electron chi connectivity index (χ4n) is 3.49. The first-order valence-corrected chi connectivity index (χ1v) is 11.7. The Kier molecular flexibility index (Phi) is 7.49. The second kappa shape index (κ2) is 10.7. The molecule has 0 bridgehead atoms. The summed E-state index contributed by atoms with van der Waals surface area (Å²) in [7, 11) is 1.89. The number of aryl methyl sites for hydroxylation is 1. The molecule has 0 amide bonds. The molecule has 1 atom stereocenters. The molecule has 2 aromatic carbocycles. The summed E-state index contributed by atoms with van der Waals surface area (Å²) in [5, 5.41) is 20.2. The van der Waals surface area contributed by atoms with Gasteiger partial charge in [0.2, 0.25) is 11.8 Å². The predicted octanol–water partition coefficient (Wildman–Crippen LogP) is 4.42. The molecule has 1 unspecified atom stereocenters. The van der Waals surface area contributed by atoms with E-state index in [9.17, 15) is 0 Å². The highest BCUT2D eigenvalue weighted by molar-refractivity contribution is 8.00. The van der Waals surface area contributed by atoms with Gasteiger partial charge in [0.05, 0.1) is 24.2 Å². The van der Waals surface area contributed by atoms with E-state index in [1.165, 1.54) is 4.90 Å². The van der Waals surface area contributed by atoms with E-state index in [1.807, 2.05) is 55.2 Å². The van der Waals surface area contributed by atoms with Gasteiger partial charge in [-0.15, -0.1) is 11.8 Å². The highest BCUT2D eigenvalue weighted by Gasteiger charge is 2.18. The number of hydrogen-bond acceptors (Lipinski definition) is 8. The van der Waals surface area contributed by atoms with Crippen molar-refractivity contribution in [1.29, 1.82) is 10.8 Å². The van der Waals surface area contributed by atoms with E-state index in [4.69, 9.17) is 20.3 Å². The molecule has 0 spiro atoms. The summed E-state index contributed by atoms with van der Waals surface area (Å²) in [6, 6.07) is 15.7. The molecule has 0 saturated carbocycles. The standard InChI is InChI=1S/C25H27N5O2S/c1-16-23(25(27)32-24(26)19-5-3-17(4-6-19)13-28-2)30-22(14-29-16)18-7-9-20(10-8-18)33-21-11-12-31-15-21/h3-10,14,21,26-28H,11-13,15H2,1-2H3. The van der Waals surface area contributed by atoms with E-state index in [0.717, 1.165) is 37.3 Å². The number of rotatable bonds is 7. The third-order valence-electron chi connectivity index (χ3n) is 5.31. The molecule has 7 nitrogen and oxygen atoms in total. The smallest absolute Gasteiger partial charge is 0.241 e. The van der Waals surface area contributed by atoms with Crippen LogP contribution < -0.4 is 5.32 Å². The molecule has 3 N–H and O–H groups in total. The number of nitrogens with zero attached hydrogens (tertiary/aromatic N) is 2. The van der Waals surface area contributed by atoms with Gasteiger partial charge in [-0.2, -0.15) is 0 Å². The average Bonchev–Trinajstić information content (AvgIpc) is 3.33. The lowest BCUT2D eigenvalue weighted by Gasteiger charge is -2.12. The van der Waals surface area contributed by atoms with Gasteiger partial charge in [-0.3, -0.25) is 15.8 Å². The van der Waals surface area contributed by atoms with E-state index in [-0.39, 0.29) is 11.8 Å². The van der Waals surface area contributed by atoms with Gasteiger partial charge < -0.3 is 14.8 Å². The fourth-order valence-corrected chi connectivity index (χ4v) is 4.55. The summed E-state index contributed by atoms with van der Waals surface area (Å²) in [6.07, 6.45) is 2.78. The Balaban J connectivity index is 1.45. The molecule has 8 heteroatoms. The third kappa shape index (κ3) is 5.84. The molecule has 1 aliphatic rings. The number of aromatic nitrogens is 2. The fraction of sp³-hybridized carbons (Fsp3) is 0.280. The first-order chi connectivity index (χ1) is 16.0. The maximum Gasteiger partial charge on any atom is 0.241 e. The van der Waals surface area contributed by atoms with Crippen LogP contribution in [0.1, 0.15) is 28.9 Å². The van der Waals surface area contributed by atoms with Crippen LogP contribution in [0.3, 0.4) is 0 Å². The Bertz CT molecular complexity index is 1130. The van der Waals surface area contributed by atoms with Crippen molar-refractivity contribution < 1.29 is 9.47 Å². The maximum absolute atomic E-state index is 8.39. The van der Waals surface area contributed by atoms with Crippen molar-refractivity contribution in [2.45, 2.75) is 30.0 Å². The maximum atomic E-state index is 8.39. The normalized spacial score (nSPS) is 15.4. The summed E-state index contributed by atoms with van der Waals surface area (Å²) in [6.45, 7) is 4.17. The van der Waals surface area contributed by atoms with Gasteiger partial charge in [0, 0.05) is 34.4 Å². The van der Waals surface area contributed by atoms with Crippen LogP contribution in [-0.4, -0.2) is 47.3 Å². The molecule has 4 rings (SSSR count). The number of hydrogen-bond donors (Lipinski definition) is 3. The average molecular weight is 462 g/mol. The van der Waals surface area contributed by atoms with Crippen LogP contribution in [0.4, 0.5) is 0 Å². The number of benzene rings is 2. The van der Waals surface area contributed by atoms with Gasteiger partial charge in [-0.05, 0) is 50.2 Å². The van der Waals surface area contributed by atoms with E-state index in [0.29, 0.717) is 27.9 Å². The lowest BCUT2D eigenvalue weighted by molar-refractivity contribution is 0.199. The SMILES string of the molecule is CNCc1ccc(C(=N)OC(=N)c2nc(-c3ccc(SC4CCOC4)cc3)cnc2C)cc1. The number of thioether (sulfide) groups is 1. The first kappa shape index (κ1) is 23.1. The van der Waals surface area contributed by atoms with Gasteiger partial charge in [-0.25, -0.2) is 4.98 Å². The van der Waals surface area contributed by atoms with Crippen LogP contribution in [0.25, 0.3) is 11.3 Å². The lowest BCUT2D eigenvalue weighted by Crippen LogP contribution is -2.16. The van der Waals surface area contributed by atoms with Crippen LogP contribution in [0.15, 0.2) is 59.6 Å². The van der Waals surface area contributed by atoms with Crippen LogP contribution in [0.2, 0.25) is 0 Å². The highest BCUT2D eigenvalue weighted by atomic mass is 32.2. The number of ether oxygens (including phenoxy) is 2. The Labute approximate surface area is 198 Å². The van der Waals surface area contributed by atoms with E-state index in [2.05, 4.69) is 27.4 Å². The zero-order valence-corrected chi connectivity index (χ0v) is 19.5. The summed E-state index contributed by atoms with van der Waals surface area (Å²) in [5.74, 6) is -0.292. The molecule has 1 fully saturated rings. The molecule has 0 aliphatic carbocycles. The van der Waals surface area contributed by atoms with Gasteiger partial charge in [-0.1, -0.05) is 24.3 Å². The summed E-state index contributed by atoms with van der Waals surface area (Å²) in [4.78, 5) is 10.2. The Hall–Kier alpha value is -3.07. The minimum Gasteiger partial charge on any atom is -0.419 e. The molecular formula is C25H27N5O2S. The molecular weight excluding hydrogens is 434 g/mol. The lowest BCUT2D eigenvalue weighted by atomic mass is 10.1. The van der Waals surface area contributed by atoms with Crippen LogP contribution in [0, 0.1) is 17.7 Å². The van der Waals surface area contributed by atoms with Crippen LogP contribution in [-0.2, 0) is 16.0 Å². The van der Waals surface area contributed by atoms with Gasteiger partial charge in [0.1, 0.15) is 5.69 Å². The van der Waals surface area contributed by atoms with Crippen molar-refractivity contribution in [2.75, 3.05) is 20.3 Å². The number of nitrogens with one attached hydrogen (secondary N) is 3. The largest absolute Gasteiger partial charge is 0.419 e. The van der Waals surface area contributed by atoms with Gasteiger partial charge in [0.15, 0.2) is 0 Å². The van der Waals surface area contributed by atoms with Gasteiger partial charge >= 0.3 is 0 Å². The Morgan fingerprint density at radius 2 is 1.88 bits per heavy atom. The van der Waals surface area contributed by atoms with Crippen LogP contribution >= 0.6 is 11.8 Å². The zero-order chi connectivity index (χ0) is 23.2. The first-order valence-electron chi connectivity index (χ1n) is 10.8.